The minimum atomic E-state index is -0.549. The normalized spacial score (nSPS) is 19.6. The van der Waals surface area contributed by atoms with Gasteiger partial charge in [0.1, 0.15) is 5.92 Å². The van der Waals surface area contributed by atoms with E-state index in [2.05, 4.69) is 9.72 Å². The van der Waals surface area contributed by atoms with Gasteiger partial charge in [0.25, 0.3) is 0 Å². The SMILES string of the molecule is O=C1CC(c2ccc3ccccc3n2)C(=O)O1. The number of nitrogens with zero attached hydrogens (tertiary/aromatic N) is 1. The summed E-state index contributed by atoms with van der Waals surface area (Å²) in [5, 5.41) is 1.01. The number of carbonyl (C=O) groups is 2. The first kappa shape index (κ1) is 9.96. The maximum absolute atomic E-state index is 11.4. The number of benzene rings is 1. The summed E-state index contributed by atoms with van der Waals surface area (Å²) in [6.07, 6.45) is 0.0875. The van der Waals surface area contributed by atoms with Crippen LogP contribution in [0.5, 0.6) is 0 Å². The fourth-order valence-electron chi connectivity index (χ4n) is 1.98. The standard InChI is InChI=1S/C13H9NO3/c15-12-7-9(13(16)17-12)11-6-5-8-3-1-2-4-10(8)14-11/h1-6,9H,7H2. The van der Waals surface area contributed by atoms with Crippen LogP contribution in [-0.4, -0.2) is 16.9 Å². The van der Waals surface area contributed by atoms with Crippen molar-refractivity contribution in [2.45, 2.75) is 12.3 Å². The third kappa shape index (κ3) is 1.67. The highest BCUT2D eigenvalue weighted by molar-refractivity contribution is 5.97. The van der Waals surface area contributed by atoms with Crippen molar-refractivity contribution in [2.24, 2.45) is 0 Å². The second kappa shape index (κ2) is 3.66. The number of hydrogen-bond donors (Lipinski definition) is 0. The van der Waals surface area contributed by atoms with E-state index in [4.69, 9.17) is 0 Å². The van der Waals surface area contributed by atoms with Gasteiger partial charge in [0.2, 0.25) is 0 Å². The molecule has 0 bridgehead atoms. The van der Waals surface area contributed by atoms with E-state index in [-0.39, 0.29) is 6.42 Å². The zero-order valence-corrected chi connectivity index (χ0v) is 8.92. The number of esters is 2. The van der Waals surface area contributed by atoms with Crippen LogP contribution in [0.15, 0.2) is 36.4 Å². The Morgan fingerprint density at radius 3 is 2.71 bits per heavy atom. The van der Waals surface area contributed by atoms with E-state index in [0.717, 1.165) is 10.9 Å². The molecule has 0 aliphatic carbocycles. The third-order valence-electron chi connectivity index (χ3n) is 2.85. The van der Waals surface area contributed by atoms with Gasteiger partial charge in [-0.25, -0.2) is 0 Å². The summed E-state index contributed by atoms with van der Waals surface area (Å²) in [5.41, 5.74) is 1.41. The first-order chi connectivity index (χ1) is 8.24. The Bertz CT molecular complexity index is 621. The lowest BCUT2D eigenvalue weighted by molar-refractivity contribution is -0.152. The van der Waals surface area contributed by atoms with Gasteiger partial charge in [-0.15, -0.1) is 0 Å². The van der Waals surface area contributed by atoms with Gasteiger partial charge in [0.15, 0.2) is 0 Å². The van der Waals surface area contributed by atoms with Gasteiger partial charge < -0.3 is 4.74 Å². The van der Waals surface area contributed by atoms with Gasteiger partial charge in [0.05, 0.1) is 17.6 Å². The number of aromatic nitrogens is 1. The van der Waals surface area contributed by atoms with Gasteiger partial charge in [0, 0.05) is 5.39 Å². The van der Waals surface area contributed by atoms with Gasteiger partial charge in [-0.3, -0.25) is 14.6 Å². The Hall–Kier alpha value is -2.23. The van der Waals surface area contributed by atoms with Crippen molar-refractivity contribution in [2.75, 3.05) is 0 Å². The van der Waals surface area contributed by atoms with Crippen LogP contribution in [0.4, 0.5) is 0 Å². The Kier molecular flexibility index (Phi) is 2.14. The molecule has 84 valence electrons. The van der Waals surface area contributed by atoms with Crippen LogP contribution in [0.1, 0.15) is 18.0 Å². The van der Waals surface area contributed by atoms with Crippen LogP contribution < -0.4 is 0 Å². The molecular weight excluding hydrogens is 218 g/mol. The average molecular weight is 227 g/mol. The molecule has 1 unspecified atom stereocenters. The molecule has 4 nitrogen and oxygen atoms in total. The molecule has 1 fully saturated rings. The Morgan fingerprint density at radius 1 is 1.12 bits per heavy atom. The summed E-state index contributed by atoms with van der Waals surface area (Å²) in [6.45, 7) is 0. The van der Waals surface area contributed by atoms with E-state index < -0.39 is 17.9 Å². The van der Waals surface area contributed by atoms with Crippen molar-refractivity contribution < 1.29 is 14.3 Å². The third-order valence-corrected chi connectivity index (χ3v) is 2.85. The zero-order chi connectivity index (χ0) is 11.8. The van der Waals surface area contributed by atoms with Crippen LogP contribution in [0.25, 0.3) is 10.9 Å². The number of ether oxygens (including phenoxy) is 1. The molecule has 0 amide bonds. The molecule has 2 aromatic rings. The molecule has 0 spiro atoms. The zero-order valence-electron chi connectivity index (χ0n) is 8.92. The number of cyclic esters (lactones) is 2. The number of hydrogen-bond acceptors (Lipinski definition) is 4. The minimum absolute atomic E-state index is 0.0875. The second-order valence-corrected chi connectivity index (χ2v) is 3.98. The smallest absolute Gasteiger partial charge is 0.323 e. The monoisotopic (exact) mass is 227 g/mol. The van der Waals surface area contributed by atoms with Gasteiger partial charge >= 0.3 is 11.9 Å². The molecule has 4 heteroatoms. The Balaban J connectivity index is 2.06. The van der Waals surface area contributed by atoms with Gasteiger partial charge in [-0.2, -0.15) is 0 Å². The molecule has 17 heavy (non-hydrogen) atoms. The topological polar surface area (TPSA) is 56.3 Å². The maximum Gasteiger partial charge on any atom is 0.323 e. The molecule has 1 aromatic heterocycles. The molecule has 0 radical (unpaired) electrons. The second-order valence-electron chi connectivity index (χ2n) is 3.98. The van der Waals surface area contributed by atoms with Gasteiger partial charge in [-0.1, -0.05) is 24.3 Å². The maximum atomic E-state index is 11.4. The van der Waals surface area contributed by atoms with E-state index >= 15 is 0 Å². The number of carbonyl (C=O) groups excluding carboxylic acids is 2. The molecular formula is C13H9NO3. The highest BCUT2D eigenvalue weighted by atomic mass is 16.6. The number of pyridine rings is 1. The van der Waals surface area contributed by atoms with Crippen molar-refractivity contribution in [3.8, 4) is 0 Å². The fraction of sp³-hybridized carbons (Fsp3) is 0.154. The first-order valence-electron chi connectivity index (χ1n) is 5.34. The molecule has 1 atom stereocenters. The van der Waals surface area contributed by atoms with Crippen LogP contribution in [0.3, 0.4) is 0 Å². The van der Waals surface area contributed by atoms with Crippen molar-refractivity contribution in [1.82, 2.24) is 4.98 Å². The van der Waals surface area contributed by atoms with Crippen molar-refractivity contribution in [3.63, 3.8) is 0 Å². The van der Waals surface area contributed by atoms with E-state index in [1.54, 1.807) is 6.07 Å². The predicted molar refractivity (Wildman–Crippen MR) is 60.2 cm³/mol. The molecule has 2 heterocycles. The summed E-state index contributed by atoms with van der Waals surface area (Å²) >= 11 is 0. The van der Waals surface area contributed by atoms with Crippen molar-refractivity contribution in [3.05, 3.63) is 42.1 Å². The van der Waals surface area contributed by atoms with Crippen LogP contribution in [-0.2, 0) is 14.3 Å². The fourth-order valence-corrected chi connectivity index (χ4v) is 1.98. The lowest BCUT2D eigenvalue weighted by Gasteiger charge is -2.05. The number of para-hydroxylation sites is 1. The van der Waals surface area contributed by atoms with Crippen molar-refractivity contribution in [1.29, 1.82) is 0 Å². The molecule has 3 rings (SSSR count). The van der Waals surface area contributed by atoms with E-state index in [9.17, 15) is 9.59 Å². The quantitative estimate of drug-likeness (QED) is 0.550. The molecule has 1 aliphatic heterocycles. The molecule has 1 saturated heterocycles. The number of fused-ring (bicyclic) bond motifs is 1. The summed E-state index contributed by atoms with van der Waals surface area (Å²) in [5.74, 6) is -1.53. The first-order valence-corrected chi connectivity index (χ1v) is 5.34. The molecule has 0 saturated carbocycles. The summed E-state index contributed by atoms with van der Waals surface area (Å²) < 4.78 is 4.52. The van der Waals surface area contributed by atoms with E-state index in [1.807, 2.05) is 30.3 Å². The summed E-state index contributed by atoms with van der Waals surface area (Å²) in [6, 6.07) is 11.3. The summed E-state index contributed by atoms with van der Waals surface area (Å²) in [7, 11) is 0. The Morgan fingerprint density at radius 2 is 1.94 bits per heavy atom. The molecule has 0 N–H and O–H groups in total. The van der Waals surface area contributed by atoms with E-state index in [0.29, 0.717) is 5.69 Å². The summed E-state index contributed by atoms with van der Waals surface area (Å²) in [4.78, 5) is 26.9. The largest absolute Gasteiger partial charge is 0.393 e. The number of rotatable bonds is 1. The lowest BCUT2D eigenvalue weighted by atomic mass is 10.0. The van der Waals surface area contributed by atoms with Gasteiger partial charge in [-0.05, 0) is 12.1 Å². The molecule has 1 aliphatic rings. The Labute approximate surface area is 97.2 Å². The molecule has 1 aromatic carbocycles. The minimum Gasteiger partial charge on any atom is -0.393 e. The average Bonchev–Trinajstić information content (AvgIpc) is 2.68. The van der Waals surface area contributed by atoms with Crippen LogP contribution in [0.2, 0.25) is 0 Å². The van der Waals surface area contributed by atoms with Crippen molar-refractivity contribution >= 4 is 22.8 Å². The van der Waals surface area contributed by atoms with E-state index in [1.165, 1.54) is 0 Å². The lowest BCUT2D eigenvalue weighted by Crippen LogP contribution is -2.07. The van der Waals surface area contributed by atoms with Crippen LogP contribution >= 0.6 is 0 Å². The van der Waals surface area contributed by atoms with Crippen LogP contribution in [0, 0.1) is 0 Å². The highest BCUT2D eigenvalue weighted by Gasteiger charge is 2.35. The predicted octanol–water partition coefficient (Wildman–Crippen LogP) is 1.79. The highest BCUT2D eigenvalue weighted by Crippen LogP contribution is 2.27.